The molecule has 0 saturated heterocycles. The number of ketones is 1. The summed E-state index contributed by atoms with van der Waals surface area (Å²) >= 11 is 0. The van der Waals surface area contributed by atoms with E-state index in [0.29, 0.717) is 18.4 Å². The first-order valence-electron chi connectivity index (χ1n) is 9.26. The normalized spacial score (nSPS) is 21.6. The Bertz CT molecular complexity index is 477. The van der Waals surface area contributed by atoms with Crippen molar-refractivity contribution >= 4 is 17.8 Å². The molecule has 1 aliphatic carbocycles. The van der Waals surface area contributed by atoms with Gasteiger partial charge in [0.1, 0.15) is 17.4 Å². The highest BCUT2D eigenvalue weighted by atomic mass is 16.6. The fourth-order valence-electron chi connectivity index (χ4n) is 3.14. The number of amides is 1. The monoisotopic (exact) mass is 371 g/mol. The van der Waals surface area contributed by atoms with Gasteiger partial charge in [0.05, 0.1) is 13.2 Å². The van der Waals surface area contributed by atoms with Crippen molar-refractivity contribution < 1.29 is 28.6 Å². The molecule has 150 valence electrons. The van der Waals surface area contributed by atoms with E-state index in [2.05, 4.69) is 5.32 Å². The summed E-state index contributed by atoms with van der Waals surface area (Å²) in [4.78, 5) is 36.0. The second-order valence-electron chi connectivity index (χ2n) is 7.88. The Kier molecular flexibility index (Phi) is 9.05. The van der Waals surface area contributed by atoms with Crippen molar-refractivity contribution in [1.82, 2.24) is 5.32 Å². The zero-order chi connectivity index (χ0) is 19.7. The number of methoxy groups -OCH3 is 2. The van der Waals surface area contributed by atoms with Gasteiger partial charge in [0.15, 0.2) is 0 Å². The molecular formula is C19H33NO6. The van der Waals surface area contributed by atoms with Crippen LogP contribution in [0.3, 0.4) is 0 Å². The van der Waals surface area contributed by atoms with Crippen LogP contribution >= 0.6 is 0 Å². The van der Waals surface area contributed by atoms with Gasteiger partial charge in [0.25, 0.3) is 0 Å². The van der Waals surface area contributed by atoms with Crippen LogP contribution in [0.1, 0.15) is 65.7 Å². The van der Waals surface area contributed by atoms with Gasteiger partial charge in [0, 0.05) is 20.0 Å². The maximum Gasteiger partial charge on any atom is 0.408 e. The number of alkyl carbamates (subject to hydrolysis) is 1. The number of hydrogen-bond acceptors (Lipinski definition) is 6. The minimum atomic E-state index is -0.886. The zero-order valence-corrected chi connectivity index (χ0v) is 16.6. The lowest BCUT2D eigenvalue weighted by Gasteiger charge is -2.27. The Morgan fingerprint density at radius 2 is 1.69 bits per heavy atom. The van der Waals surface area contributed by atoms with Crippen LogP contribution in [-0.4, -0.2) is 49.8 Å². The van der Waals surface area contributed by atoms with Crippen LogP contribution in [0.2, 0.25) is 0 Å². The van der Waals surface area contributed by atoms with Gasteiger partial charge in [-0.1, -0.05) is 0 Å². The quantitative estimate of drug-likeness (QED) is 0.660. The molecular weight excluding hydrogens is 338 g/mol. The molecule has 1 amide bonds. The molecule has 0 aromatic heterocycles. The lowest BCUT2D eigenvalue weighted by Crippen LogP contribution is -2.44. The van der Waals surface area contributed by atoms with E-state index in [0.717, 1.165) is 25.7 Å². The molecule has 0 aliphatic heterocycles. The van der Waals surface area contributed by atoms with E-state index in [1.54, 1.807) is 27.9 Å². The minimum Gasteiger partial charge on any atom is -0.467 e. The first kappa shape index (κ1) is 22.4. The number of nitrogens with one attached hydrogen (secondary N) is 1. The fourth-order valence-corrected chi connectivity index (χ4v) is 3.14. The number of hydrogen-bond donors (Lipinski definition) is 1. The standard InChI is InChI=1S/C19H33NO6/c1-19(2,3)26-18(23)20-16(17(22)25-5)11-8-14(21)12-13-6-9-15(24-4)10-7-13/h13,15-16H,6-12H2,1-5H3,(H,20,23). The molecule has 0 aromatic carbocycles. The van der Waals surface area contributed by atoms with Crippen molar-refractivity contribution in [2.75, 3.05) is 14.2 Å². The van der Waals surface area contributed by atoms with E-state index in [1.165, 1.54) is 7.11 Å². The van der Waals surface area contributed by atoms with E-state index in [4.69, 9.17) is 14.2 Å². The maximum atomic E-state index is 12.3. The SMILES string of the molecule is COC(=O)C(CCC(=O)CC1CCC(OC)CC1)NC(=O)OC(C)(C)C. The smallest absolute Gasteiger partial charge is 0.408 e. The Labute approximate surface area is 156 Å². The Hall–Kier alpha value is -1.63. The predicted octanol–water partition coefficient (Wildman–Crippen LogP) is 3.00. The fraction of sp³-hybridized carbons (Fsp3) is 0.842. The summed E-state index contributed by atoms with van der Waals surface area (Å²) in [6.07, 6.45) is 4.50. The van der Waals surface area contributed by atoms with Crippen LogP contribution < -0.4 is 5.32 Å². The van der Waals surface area contributed by atoms with E-state index in [9.17, 15) is 14.4 Å². The van der Waals surface area contributed by atoms with Gasteiger partial charge in [-0.05, 0) is 58.8 Å². The van der Waals surface area contributed by atoms with Crippen LogP contribution in [0.25, 0.3) is 0 Å². The molecule has 1 fully saturated rings. The van der Waals surface area contributed by atoms with Crippen LogP contribution in [0.4, 0.5) is 4.79 Å². The van der Waals surface area contributed by atoms with Gasteiger partial charge in [0.2, 0.25) is 0 Å². The van der Waals surface area contributed by atoms with Crippen molar-refractivity contribution in [2.45, 2.75) is 83.5 Å². The third-order valence-electron chi connectivity index (χ3n) is 4.53. The Morgan fingerprint density at radius 1 is 1.08 bits per heavy atom. The molecule has 1 saturated carbocycles. The zero-order valence-electron chi connectivity index (χ0n) is 16.6. The number of carbonyl (C=O) groups is 3. The first-order chi connectivity index (χ1) is 12.1. The summed E-state index contributed by atoms with van der Waals surface area (Å²) in [6.45, 7) is 5.21. The summed E-state index contributed by atoms with van der Waals surface area (Å²) in [7, 11) is 2.98. The Balaban J connectivity index is 2.44. The highest BCUT2D eigenvalue weighted by Crippen LogP contribution is 2.28. The molecule has 7 nitrogen and oxygen atoms in total. The van der Waals surface area contributed by atoms with Crippen LogP contribution in [0.5, 0.6) is 0 Å². The minimum absolute atomic E-state index is 0.103. The lowest BCUT2D eigenvalue weighted by molar-refractivity contribution is -0.143. The van der Waals surface area contributed by atoms with Gasteiger partial charge in [-0.15, -0.1) is 0 Å². The van der Waals surface area contributed by atoms with E-state index >= 15 is 0 Å². The van der Waals surface area contributed by atoms with Crippen molar-refractivity contribution in [2.24, 2.45) is 5.92 Å². The van der Waals surface area contributed by atoms with Crippen LogP contribution in [0, 0.1) is 5.92 Å². The van der Waals surface area contributed by atoms with Crippen molar-refractivity contribution in [3.05, 3.63) is 0 Å². The molecule has 1 unspecified atom stereocenters. The predicted molar refractivity (Wildman–Crippen MR) is 96.8 cm³/mol. The number of Topliss-reactive ketones (excluding diaryl/α,β-unsaturated/α-hetero) is 1. The average Bonchev–Trinajstić information content (AvgIpc) is 2.57. The number of ether oxygens (including phenoxy) is 3. The van der Waals surface area contributed by atoms with E-state index < -0.39 is 23.7 Å². The van der Waals surface area contributed by atoms with Crippen molar-refractivity contribution in [3.63, 3.8) is 0 Å². The van der Waals surface area contributed by atoms with Crippen LogP contribution in [-0.2, 0) is 23.8 Å². The van der Waals surface area contributed by atoms with Crippen molar-refractivity contribution in [3.8, 4) is 0 Å². The maximum absolute atomic E-state index is 12.3. The number of carbonyl (C=O) groups excluding carboxylic acids is 3. The summed E-state index contributed by atoms with van der Waals surface area (Å²) < 4.78 is 15.2. The summed E-state index contributed by atoms with van der Waals surface area (Å²) in [5.41, 5.74) is -0.665. The van der Waals surface area contributed by atoms with Gasteiger partial charge < -0.3 is 19.5 Å². The largest absolute Gasteiger partial charge is 0.467 e. The summed E-state index contributed by atoms with van der Waals surface area (Å²) in [6, 6.07) is -0.886. The van der Waals surface area contributed by atoms with E-state index in [-0.39, 0.29) is 18.6 Å². The van der Waals surface area contributed by atoms with Crippen molar-refractivity contribution in [1.29, 1.82) is 0 Å². The second kappa shape index (κ2) is 10.5. The molecule has 1 aliphatic rings. The molecule has 26 heavy (non-hydrogen) atoms. The molecule has 1 atom stereocenters. The molecule has 0 heterocycles. The third kappa shape index (κ3) is 8.65. The molecule has 0 bridgehead atoms. The highest BCUT2D eigenvalue weighted by molar-refractivity contribution is 5.83. The van der Waals surface area contributed by atoms with Gasteiger partial charge in [-0.3, -0.25) is 4.79 Å². The molecule has 0 aromatic rings. The number of esters is 1. The van der Waals surface area contributed by atoms with E-state index in [1.807, 2.05) is 0 Å². The highest BCUT2D eigenvalue weighted by Gasteiger charge is 2.27. The first-order valence-corrected chi connectivity index (χ1v) is 9.26. The Morgan fingerprint density at radius 3 is 2.19 bits per heavy atom. The summed E-state index contributed by atoms with van der Waals surface area (Å²) in [5, 5.41) is 2.49. The molecule has 1 rings (SSSR count). The third-order valence-corrected chi connectivity index (χ3v) is 4.53. The number of rotatable bonds is 8. The topological polar surface area (TPSA) is 90.9 Å². The van der Waals surface area contributed by atoms with Crippen LogP contribution in [0.15, 0.2) is 0 Å². The molecule has 1 N–H and O–H groups in total. The molecule has 7 heteroatoms. The van der Waals surface area contributed by atoms with Gasteiger partial charge in [-0.25, -0.2) is 9.59 Å². The molecule has 0 radical (unpaired) electrons. The van der Waals surface area contributed by atoms with Gasteiger partial charge >= 0.3 is 12.1 Å². The molecule has 0 spiro atoms. The average molecular weight is 371 g/mol. The second-order valence-corrected chi connectivity index (χ2v) is 7.88. The van der Waals surface area contributed by atoms with Gasteiger partial charge in [-0.2, -0.15) is 0 Å². The summed E-state index contributed by atoms with van der Waals surface area (Å²) in [5.74, 6) is -0.0979. The lowest BCUT2D eigenvalue weighted by atomic mass is 9.83.